The molecule has 0 radical (unpaired) electrons. The van der Waals surface area contributed by atoms with Gasteiger partial charge in [-0.25, -0.2) is 17.6 Å². The van der Waals surface area contributed by atoms with Gasteiger partial charge in [0.05, 0.1) is 23.7 Å². The van der Waals surface area contributed by atoms with Crippen LogP contribution in [0.1, 0.15) is 20.8 Å². The van der Waals surface area contributed by atoms with Crippen LogP contribution in [0.3, 0.4) is 0 Å². The molecule has 0 aliphatic heterocycles. The molecule has 1 aromatic rings. The van der Waals surface area contributed by atoms with Crippen molar-refractivity contribution in [1.82, 2.24) is 4.57 Å². The molecule has 0 saturated heterocycles. The van der Waals surface area contributed by atoms with Gasteiger partial charge >= 0.3 is 0 Å². The first kappa shape index (κ1) is 18.2. The van der Waals surface area contributed by atoms with Gasteiger partial charge in [0.2, 0.25) is 6.33 Å². The monoisotopic (exact) mass is 264 g/mol. The van der Waals surface area contributed by atoms with E-state index in [9.17, 15) is 4.79 Å². The Hall–Kier alpha value is -1.21. The molecule has 1 rings (SSSR count). The molecule has 1 heterocycles. The number of carbonyl (C=O) groups excluding carboxylic acids is 1. The summed E-state index contributed by atoms with van der Waals surface area (Å²) in [6.45, 7) is 6.24. The predicted molar refractivity (Wildman–Crippen MR) is 63.3 cm³/mol. The molecule has 6 nitrogen and oxygen atoms in total. The fraction of sp³-hybridized carbons (Fsp3) is 0.600. The van der Waals surface area contributed by atoms with Gasteiger partial charge in [-0.1, -0.05) is 0 Å². The summed E-state index contributed by atoms with van der Waals surface area (Å²) >= 11 is 0. The fourth-order valence-electron chi connectivity index (χ4n) is 0.689. The van der Waals surface area contributed by atoms with Gasteiger partial charge in [0.15, 0.2) is 0 Å². The van der Waals surface area contributed by atoms with Gasteiger partial charge in [-0.2, -0.15) is 0 Å². The van der Waals surface area contributed by atoms with Gasteiger partial charge in [0.1, 0.15) is 18.2 Å². The Bertz CT molecular complexity index is 411. The van der Waals surface area contributed by atoms with Gasteiger partial charge in [-0.05, 0) is 20.8 Å². The maximum Gasteiger partial charge on any atom is 0.243 e. The van der Waals surface area contributed by atoms with Crippen molar-refractivity contribution in [2.45, 2.75) is 27.3 Å². The normalized spacial score (nSPS) is 9.53. The van der Waals surface area contributed by atoms with Gasteiger partial charge < -0.3 is 9.35 Å². The van der Waals surface area contributed by atoms with Gasteiger partial charge in [-0.3, -0.25) is 0 Å². The Morgan fingerprint density at radius 3 is 1.88 bits per heavy atom. The number of carbonyl (C=O) groups is 1. The van der Waals surface area contributed by atoms with Crippen molar-refractivity contribution in [3.63, 3.8) is 0 Å². The molecule has 0 bridgehead atoms. The Morgan fingerprint density at radius 1 is 1.41 bits per heavy atom. The molecule has 1 aromatic heterocycles. The van der Waals surface area contributed by atoms with Crippen LogP contribution in [-0.2, 0) is 28.5 Å². The maximum absolute atomic E-state index is 9.44. The summed E-state index contributed by atoms with van der Waals surface area (Å²) in [5.74, 6) is 0.167. The number of imidazole rings is 1. The van der Waals surface area contributed by atoms with Crippen LogP contribution in [0.4, 0.5) is 0 Å². The van der Waals surface area contributed by atoms with E-state index in [0.717, 1.165) is 6.54 Å². The quantitative estimate of drug-likeness (QED) is 0.531. The number of hydrogen-bond acceptors (Lipinski definition) is 4. The number of Topliss-reactive ketones (excluding diaryl/α,β-unsaturated/α-hetero) is 1. The Kier molecular flexibility index (Phi) is 9.49. The molecule has 0 amide bonds. The first-order chi connectivity index (χ1) is 7.56. The lowest BCUT2D eigenvalue weighted by atomic mass is 10.6. The second-order valence-electron chi connectivity index (χ2n) is 3.52. The lowest BCUT2D eigenvalue weighted by molar-refractivity contribution is -0.671. The predicted octanol–water partition coefficient (Wildman–Crippen LogP) is 0.0892. The molecular weight excluding hydrogens is 244 g/mol. The average Bonchev–Trinajstić information content (AvgIpc) is 2.47. The van der Waals surface area contributed by atoms with Crippen molar-refractivity contribution in [3.05, 3.63) is 18.7 Å². The van der Waals surface area contributed by atoms with E-state index < -0.39 is 10.1 Å². The summed E-state index contributed by atoms with van der Waals surface area (Å²) in [6.07, 6.45) is 6.75. The molecule has 0 spiro atoms. The molecule has 0 saturated carbocycles. The van der Waals surface area contributed by atoms with Gasteiger partial charge in [0.25, 0.3) is 0 Å². The van der Waals surface area contributed by atoms with E-state index in [1.807, 2.05) is 17.8 Å². The molecule has 100 valence electrons. The molecule has 0 aliphatic carbocycles. The SMILES string of the molecule is CC(C)=O.CCn1cc[n+](C)c1.CS(=O)(=O)[O-]. The van der Waals surface area contributed by atoms with Crippen molar-refractivity contribution < 1.29 is 22.3 Å². The number of nitrogens with zero attached hydrogens (tertiary/aromatic N) is 2. The van der Waals surface area contributed by atoms with Crippen molar-refractivity contribution in [3.8, 4) is 0 Å². The van der Waals surface area contributed by atoms with E-state index in [1.165, 1.54) is 13.8 Å². The number of rotatable bonds is 1. The Balaban J connectivity index is 0. The summed E-state index contributed by atoms with van der Waals surface area (Å²) in [5, 5.41) is 0. The number of hydrogen-bond donors (Lipinski definition) is 0. The molecule has 0 atom stereocenters. The minimum atomic E-state index is -3.92. The van der Waals surface area contributed by atoms with E-state index in [0.29, 0.717) is 6.26 Å². The Morgan fingerprint density at radius 2 is 1.76 bits per heavy atom. The number of ketones is 1. The summed E-state index contributed by atoms with van der Waals surface area (Å²) in [7, 11) is -1.90. The summed E-state index contributed by atoms with van der Waals surface area (Å²) in [6, 6.07) is 0. The van der Waals surface area contributed by atoms with Crippen LogP contribution < -0.4 is 4.57 Å². The van der Waals surface area contributed by atoms with Crippen LogP contribution in [0.25, 0.3) is 0 Å². The van der Waals surface area contributed by atoms with Gasteiger partial charge in [-0.15, -0.1) is 0 Å². The standard InChI is InChI=1S/C6H11N2.C3H6O.CH4O3S/c1-3-8-5-4-7(2)6-8;1-3(2)4;1-5(2,3)4/h4-6H,3H2,1-2H3;1-2H3;1H3,(H,2,3,4)/q+1;;/p-1. The summed E-state index contributed by atoms with van der Waals surface area (Å²) < 4.78 is 31.4. The largest absolute Gasteiger partial charge is 0.748 e. The highest BCUT2D eigenvalue weighted by Gasteiger charge is 1.92. The second-order valence-corrected chi connectivity index (χ2v) is 4.93. The summed E-state index contributed by atoms with van der Waals surface area (Å²) in [5.41, 5.74) is 0. The highest BCUT2D eigenvalue weighted by Crippen LogP contribution is 1.79. The molecule has 17 heavy (non-hydrogen) atoms. The molecule has 0 aliphatic rings. The number of aromatic nitrogens is 2. The highest BCUT2D eigenvalue weighted by atomic mass is 32.2. The maximum atomic E-state index is 9.44. The van der Waals surface area contributed by atoms with Gasteiger partial charge in [0, 0.05) is 6.26 Å². The highest BCUT2D eigenvalue weighted by molar-refractivity contribution is 7.84. The molecule has 0 fully saturated rings. The summed E-state index contributed by atoms with van der Waals surface area (Å²) in [4.78, 5) is 9.44. The minimum Gasteiger partial charge on any atom is -0.748 e. The smallest absolute Gasteiger partial charge is 0.243 e. The first-order valence-corrected chi connectivity index (χ1v) is 6.77. The van der Waals surface area contributed by atoms with E-state index >= 15 is 0 Å². The van der Waals surface area contributed by atoms with Crippen LogP contribution in [0, 0.1) is 0 Å². The van der Waals surface area contributed by atoms with Crippen molar-refractivity contribution >= 4 is 15.9 Å². The minimum absolute atomic E-state index is 0.167. The van der Waals surface area contributed by atoms with Crippen LogP contribution in [0.5, 0.6) is 0 Å². The second kappa shape index (κ2) is 8.89. The molecule has 0 aromatic carbocycles. The zero-order valence-corrected chi connectivity index (χ0v) is 11.7. The average molecular weight is 264 g/mol. The third kappa shape index (κ3) is 25.2. The molecule has 0 unspecified atom stereocenters. The molecular formula is C10H20N2O4S. The van der Waals surface area contributed by atoms with Crippen LogP contribution in [0.15, 0.2) is 18.7 Å². The number of aryl methyl sites for hydroxylation is 2. The van der Waals surface area contributed by atoms with Crippen molar-refractivity contribution in [2.75, 3.05) is 6.26 Å². The lowest BCUT2D eigenvalue weighted by Gasteiger charge is -1.90. The zero-order valence-electron chi connectivity index (χ0n) is 10.9. The first-order valence-electron chi connectivity index (χ1n) is 4.95. The fourth-order valence-corrected chi connectivity index (χ4v) is 0.689. The topological polar surface area (TPSA) is 83.1 Å². The van der Waals surface area contributed by atoms with E-state index in [1.54, 1.807) is 0 Å². The zero-order chi connectivity index (χ0) is 14.1. The Labute approximate surface area is 103 Å². The molecule has 0 N–H and O–H groups in total. The molecule has 7 heteroatoms. The van der Waals surface area contributed by atoms with E-state index in [2.05, 4.69) is 24.0 Å². The van der Waals surface area contributed by atoms with Crippen LogP contribution in [-0.4, -0.2) is 29.6 Å². The third-order valence-corrected chi connectivity index (χ3v) is 1.19. The van der Waals surface area contributed by atoms with E-state index in [-0.39, 0.29) is 5.78 Å². The van der Waals surface area contributed by atoms with E-state index in [4.69, 9.17) is 13.0 Å². The van der Waals surface area contributed by atoms with Crippen LogP contribution in [0.2, 0.25) is 0 Å². The lowest BCUT2D eigenvalue weighted by Crippen LogP contribution is -2.23. The van der Waals surface area contributed by atoms with Crippen LogP contribution >= 0.6 is 0 Å². The third-order valence-electron chi connectivity index (χ3n) is 1.19. The van der Waals surface area contributed by atoms with Crippen molar-refractivity contribution in [2.24, 2.45) is 7.05 Å². The van der Waals surface area contributed by atoms with Crippen molar-refractivity contribution in [1.29, 1.82) is 0 Å².